The zero-order valence-electron chi connectivity index (χ0n) is 10.2. The molecule has 0 spiro atoms. The van der Waals surface area contributed by atoms with E-state index in [-0.39, 0.29) is 29.7 Å². The molecule has 4 nitrogen and oxygen atoms in total. The van der Waals surface area contributed by atoms with E-state index in [0.29, 0.717) is 0 Å². The Morgan fingerprint density at radius 3 is 2.41 bits per heavy atom. The molecule has 0 aromatic heterocycles. The number of piperidine rings is 1. The lowest BCUT2D eigenvalue weighted by Crippen LogP contribution is -2.54. The smallest absolute Gasteiger partial charge is 0.232 e. The summed E-state index contributed by atoms with van der Waals surface area (Å²) in [5.41, 5.74) is 0. The molecule has 2 heterocycles. The Labute approximate surface area is 102 Å². The standard InChI is InChI=1S/C13H20N2O2/c16-12-9-4-5-10(7-9)13(17)15(12)11-3-1-2-6-14-8-11/h9-11,14H,1-8H2. The zero-order valence-corrected chi connectivity index (χ0v) is 10.2. The van der Waals surface area contributed by atoms with Crippen LogP contribution >= 0.6 is 0 Å². The van der Waals surface area contributed by atoms with Crippen molar-refractivity contribution in [1.29, 1.82) is 0 Å². The molecular formula is C13H20N2O2. The Morgan fingerprint density at radius 2 is 1.71 bits per heavy atom. The van der Waals surface area contributed by atoms with Crippen molar-refractivity contribution < 1.29 is 9.59 Å². The van der Waals surface area contributed by atoms with E-state index >= 15 is 0 Å². The molecular weight excluding hydrogens is 216 g/mol. The Hall–Kier alpha value is -0.900. The van der Waals surface area contributed by atoms with Crippen molar-refractivity contribution in [2.75, 3.05) is 13.1 Å². The van der Waals surface area contributed by atoms with E-state index in [4.69, 9.17) is 0 Å². The van der Waals surface area contributed by atoms with Crippen LogP contribution in [0.4, 0.5) is 0 Å². The van der Waals surface area contributed by atoms with Gasteiger partial charge in [0, 0.05) is 18.4 Å². The molecule has 3 rings (SSSR count). The molecule has 1 saturated carbocycles. The first kappa shape index (κ1) is 11.2. The second kappa shape index (κ2) is 4.41. The fourth-order valence-corrected chi connectivity index (χ4v) is 3.51. The van der Waals surface area contributed by atoms with Crippen LogP contribution < -0.4 is 5.32 Å². The number of amides is 2. The summed E-state index contributed by atoms with van der Waals surface area (Å²) in [4.78, 5) is 26.2. The highest BCUT2D eigenvalue weighted by molar-refractivity contribution is 6.01. The highest BCUT2D eigenvalue weighted by Gasteiger charge is 2.47. The molecule has 0 aromatic carbocycles. The van der Waals surface area contributed by atoms with Crippen LogP contribution in [0.25, 0.3) is 0 Å². The van der Waals surface area contributed by atoms with E-state index in [2.05, 4.69) is 5.32 Å². The molecule has 1 N–H and O–H groups in total. The molecule has 17 heavy (non-hydrogen) atoms. The van der Waals surface area contributed by atoms with E-state index < -0.39 is 0 Å². The molecule has 2 aliphatic heterocycles. The number of likely N-dealkylation sites (tertiary alicyclic amines) is 1. The van der Waals surface area contributed by atoms with Gasteiger partial charge in [0.1, 0.15) is 0 Å². The van der Waals surface area contributed by atoms with Crippen LogP contribution in [0.5, 0.6) is 0 Å². The van der Waals surface area contributed by atoms with Gasteiger partial charge < -0.3 is 5.32 Å². The van der Waals surface area contributed by atoms with Gasteiger partial charge in [-0.2, -0.15) is 0 Å². The summed E-state index contributed by atoms with van der Waals surface area (Å²) in [5, 5.41) is 3.34. The molecule has 0 radical (unpaired) electrons. The quantitative estimate of drug-likeness (QED) is 0.689. The van der Waals surface area contributed by atoms with Gasteiger partial charge in [-0.15, -0.1) is 0 Å². The number of hydrogen-bond acceptors (Lipinski definition) is 3. The zero-order chi connectivity index (χ0) is 11.8. The summed E-state index contributed by atoms with van der Waals surface area (Å²) in [6, 6.07) is 0.112. The van der Waals surface area contributed by atoms with Gasteiger partial charge in [-0.3, -0.25) is 14.5 Å². The molecule has 3 atom stereocenters. The van der Waals surface area contributed by atoms with E-state index in [1.807, 2.05) is 0 Å². The molecule has 4 heteroatoms. The SMILES string of the molecule is O=C1C2CCC(C2)C(=O)N1C1CCCCNC1. The highest BCUT2D eigenvalue weighted by Crippen LogP contribution is 2.39. The van der Waals surface area contributed by atoms with Gasteiger partial charge in [0.05, 0.1) is 6.04 Å². The monoisotopic (exact) mass is 236 g/mol. The number of nitrogens with zero attached hydrogens (tertiary/aromatic N) is 1. The number of imide groups is 1. The van der Waals surface area contributed by atoms with Gasteiger partial charge in [0.2, 0.25) is 11.8 Å². The van der Waals surface area contributed by atoms with E-state index in [0.717, 1.165) is 51.6 Å². The Balaban J connectivity index is 1.80. The number of carbonyl (C=O) groups excluding carboxylic acids is 2. The molecule has 0 aromatic rings. The highest BCUT2D eigenvalue weighted by atomic mass is 16.2. The summed E-state index contributed by atoms with van der Waals surface area (Å²) >= 11 is 0. The topological polar surface area (TPSA) is 49.4 Å². The van der Waals surface area contributed by atoms with Gasteiger partial charge in [-0.1, -0.05) is 6.42 Å². The third-order valence-electron chi connectivity index (χ3n) is 4.49. The molecule has 1 aliphatic carbocycles. The van der Waals surface area contributed by atoms with Crippen LogP contribution in [0, 0.1) is 11.8 Å². The maximum absolute atomic E-state index is 12.3. The maximum atomic E-state index is 12.3. The van der Waals surface area contributed by atoms with Crippen molar-refractivity contribution in [2.45, 2.75) is 44.6 Å². The number of hydrogen-bond donors (Lipinski definition) is 1. The maximum Gasteiger partial charge on any atom is 0.232 e. The van der Waals surface area contributed by atoms with Crippen LogP contribution in [0.15, 0.2) is 0 Å². The summed E-state index contributed by atoms with van der Waals surface area (Å²) in [6.07, 6.45) is 5.90. The van der Waals surface area contributed by atoms with Crippen molar-refractivity contribution in [3.63, 3.8) is 0 Å². The van der Waals surface area contributed by atoms with Crippen LogP contribution in [0.2, 0.25) is 0 Å². The van der Waals surface area contributed by atoms with E-state index in [9.17, 15) is 9.59 Å². The lowest BCUT2D eigenvalue weighted by molar-refractivity contribution is -0.155. The van der Waals surface area contributed by atoms with Crippen molar-refractivity contribution in [2.24, 2.45) is 11.8 Å². The van der Waals surface area contributed by atoms with Crippen molar-refractivity contribution >= 4 is 11.8 Å². The molecule has 2 amide bonds. The first-order valence-corrected chi connectivity index (χ1v) is 6.85. The average Bonchev–Trinajstić information content (AvgIpc) is 2.61. The van der Waals surface area contributed by atoms with Crippen LogP contribution in [-0.4, -0.2) is 35.8 Å². The van der Waals surface area contributed by atoms with Gasteiger partial charge >= 0.3 is 0 Å². The third-order valence-corrected chi connectivity index (χ3v) is 4.49. The lowest BCUT2D eigenvalue weighted by atomic mass is 9.94. The van der Waals surface area contributed by atoms with Crippen molar-refractivity contribution in [1.82, 2.24) is 10.2 Å². The minimum Gasteiger partial charge on any atom is -0.315 e. The van der Waals surface area contributed by atoms with E-state index in [1.165, 1.54) is 0 Å². The Morgan fingerprint density at radius 1 is 1.00 bits per heavy atom. The molecule has 2 bridgehead atoms. The van der Waals surface area contributed by atoms with Crippen molar-refractivity contribution in [3.05, 3.63) is 0 Å². The van der Waals surface area contributed by atoms with Gasteiger partial charge in [-0.25, -0.2) is 0 Å². The second-order valence-electron chi connectivity index (χ2n) is 5.61. The second-order valence-corrected chi connectivity index (χ2v) is 5.61. The molecule has 94 valence electrons. The molecule has 3 fully saturated rings. The Bertz CT molecular complexity index is 312. The van der Waals surface area contributed by atoms with Crippen LogP contribution in [0.3, 0.4) is 0 Å². The third kappa shape index (κ3) is 1.88. The molecule has 3 aliphatic rings. The van der Waals surface area contributed by atoms with Crippen LogP contribution in [0.1, 0.15) is 38.5 Å². The number of nitrogens with one attached hydrogen (secondary N) is 1. The summed E-state index contributed by atoms with van der Waals surface area (Å²) in [6.45, 7) is 1.80. The summed E-state index contributed by atoms with van der Waals surface area (Å²) in [5.74, 6) is 0.497. The minimum atomic E-state index is 0.109. The number of fused-ring (bicyclic) bond motifs is 2. The average molecular weight is 236 g/mol. The Kier molecular flexibility index (Phi) is 2.90. The largest absolute Gasteiger partial charge is 0.315 e. The summed E-state index contributed by atoms with van der Waals surface area (Å²) < 4.78 is 0. The predicted octanol–water partition coefficient (Wildman–Crippen LogP) is 0.914. The summed E-state index contributed by atoms with van der Waals surface area (Å²) in [7, 11) is 0. The lowest BCUT2D eigenvalue weighted by Gasteiger charge is -2.35. The van der Waals surface area contributed by atoms with Gasteiger partial charge in [0.25, 0.3) is 0 Å². The van der Waals surface area contributed by atoms with E-state index in [1.54, 1.807) is 4.90 Å². The van der Waals surface area contributed by atoms with Gasteiger partial charge in [-0.05, 0) is 38.6 Å². The number of rotatable bonds is 1. The molecule has 2 saturated heterocycles. The van der Waals surface area contributed by atoms with Crippen LogP contribution in [-0.2, 0) is 9.59 Å². The normalized spacial score (nSPS) is 38.4. The fraction of sp³-hybridized carbons (Fsp3) is 0.846. The molecule has 3 unspecified atom stereocenters. The van der Waals surface area contributed by atoms with Gasteiger partial charge in [0.15, 0.2) is 0 Å². The first-order chi connectivity index (χ1) is 8.27. The first-order valence-electron chi connectivity index (χ1n) is 6.85. The minimum absolute atomic E-state index is 0.109. The van der Waals surface area contributed by atoms with Crippen molar-refractivity contribution in [3.8, 4) is 0 Å². The predicted molar refractivity (Wildman–Crippen MR) is 63.2 cm³/mol. The fourth-order valence-electron chi connectivity index (χ4n) is 3.51. The number of carbonyl (C=O) groups is 2.